The van der Waals surface area contributed by atoms with Crippen LogP contribution in [0.5, 0.6) is 0 Å². The van der Waals surface area contributed by atoms with Crippen molar-refractivity contribution in [3.8, 4) is 11.1 Å². The fourth-order valence-electron chi connectivity index (χ4n) is 3.23. The molecule has 2 aromatic rings. The number of sulfonamides is 1. The predicted molar refractivity (Wildman–Crippen MR) is 109 cm³/mol. The molecule has 6 nitrogen and oxygen atoms in total. The molecule has 3 rings (SSSR count). The van der Waals surface area contributed by atoms with Crippen LogP contribution in [0, 0.1) is 5.92 Å². The quantitative estimate of drug-likeness (QED) is 0.768. The zero-order valence-corrected chi connectivity index (χ0v) is 17.0. The van der Waals surface area contributed by atoms with Crippen LogP contribution in [0.25, 0.3) is 11.1 Å². The smallest absolute Gasteiger partial charge is 0.224 e. The summed E-state index contributed by atoms with van der Waals surface area (Å²) in [6.45, 7) is 0.677. The molecule has 0 aliphatic carbocycles. The highest BCUT2D eigenvalue weighted by Gasteiger charge is 2.34. The summed E-state index contributed by atoms with van der Waals surface area (Å²) in [6, 6.07) is 17.7. The number of nitrogens with zero attached hydrogens (tertiary/aromatic N) is 1. The Morgan fingerprint density at radius 2 is 1.68 bits per heavy atom. The maximum absolute atomic E-state index is 12.4. The molecule has 0 aromatic heterocycles. The van der Waals surface area contributed by atoms with Crippen molar-refractivity contribution in [3.63, 3.8) is 0 Å². The molecule has 0 bridgehead atoms. The summed E-state index contributed by atoms with van der Waals surface area (Å²) in [5.74, 6) is -0.400. The largest absolute Gasteiger partial charge is 0.379 e. The van der Waals surface area contributed by atoms with Gasteiger partial charge in [-0.25, -0.2) is 12.7 Å². The molecule has 1 fully saturated rings. The molecule has 0 spiro atoms. The van der Waals surface area contributed by atoms with Crippen LogP contribution in [0.1, 0.15) is 5.56 Å². The van der Waals surface area contributed by atoms with Gasteiger partial charge in [-0.1, -0.05) is 54.6 Å². The van der Waals surface area contributed by atoms with E-state index in [1.54, 1.807) is 0 Å². The third-order valence-corrected chi connectivity index (χ3v) is 6.91. The van der Waals surface area contributed by atoms with Crippen LogP contribution in [-0.2, 0) is 26.0 Å². The molecule has 1 aliphatic heterocycles. The molecule has 28 heavy (non-hydrogen) atoms. The second kappa shape index (κ2) is 8.86. The first-order chi connectivity index (χ1) is 13.3. The Bertz CT molecular complexity index is 896. The van der Waals surface area contributed by atoms with Gasteiger partial charge in [0.15, 0.2) is 0 Å². The van der Waals surface area contributed by atoms with E-state index in [1.807, 2.05) is 54.6 Å². The van der Waals surface area contributed by atoms with Gasteiger partial charge in [0.2, 0.25) is 15.9 Å². The molecule has 1 amide bonds. The molecule has 0 unspecified atom stereocenters. The lowest BCUT2D eigenvalue weighted by molar-refractivity contribution is -0.121. The third-order valence-electron chi connectivity index (χ3n) is 4.95. The van der Waals surface area contributed by atoms with Gasteiger partial charge in [-0.15, -0.1) is 0 Å². The summed E-state index contributed by atoms with van der Waals surface area (Å²) >= 11 is 0. The van der Waals surface area contributed by atoms with Crippen molar-refractivity contribution < 1.29 is 17.9 Å². The molecule has 150 valence electrons. The summed E-state index contributed by atoms with van der Waals surface area (Å²) in [6.07, 6.45) is 0.249. The van der Waals surface area contributed by atoms with E-state index < -0.39 is 10.0 Å². The Kier molecular flexibility index (Phi) is 6.49. The van der Waals surface area contributed by atoms with Gasteiger partial charge >= 0.3 is 0 Å². The van der Waals surface area contributed by atoms with Crippen LogP contribution in [-0.4, -0.2) is 57.7 Å². The van der Waals surface area contributed by atoms with E-state index in [1.165, 1.54) is 18.4 Å². The second-order valence-electron chi connectivity index (χ2n) is 7.27. The maximum Gasteiger partial charge on any atom is 0.224 e. The van der Waals surface area contributed by atoms with Gasteiger partial charge in [0, 0.05) is 20.0 Å². The van der Waals surface area contributed by atoms with E-state index in [0.717, 1.165) is 16.7 Å². The molecular formula is C21H26N2O4S. The fraction of sp³-hybridized carbons (Fsp3) is 0.381. The summed E-state index contributed by atoms with van der Waals surface area (Å²) in [5, 5.41) is 2.94. The maximum atomic E-state index is 12.4. The van der Waals surface area contributed by atoms with Gasteiger partial charge in [-0.2, -0.15) is 0 Å². The molecule has 1 aliphatic rings. The third kappa shape index (κ3) is 5.19. The normalized spacial score (nSPS) is 19.7. The van der Waals surface area contributed by atoms with E-state index in [-0.39, 0.29) is 30.0 Å². The summed E-state index contributed by atoms with van der Waals surface area (Å²) in [4.78, 5) is 12.4. The summed E-state index contributed by atoms with van der Waals surface area (Å²) in [5.41, 5.74) is 3.14. The Morgan fingerprint density at radius 3 is 2.32 bits per heavy atom. The van der Waals surface area contributed by atoms with Gasteiger partial charge in [0.1, 0.15) is 0 Å². The fourth-order valence-corrected chi connectivity index (χ4v) is 4.40. The first-order valence-corrected chi connectivity index (χ1v) is 10.9. The number of ether oxygens (including phenoxy) is 1. The van der Waals surface area contributed by atoms with Crippen molar-refractivity contribution in [2.45, 2.75) is 12.5 Å². The Balaban J connectivity index is 1.57. The lowest BCUT2D eigenvalue weighted by Crippen LogP contribution is -2.44. The van der Waals surface area contributed by atoms with Crippen LogP contribution in [0.2, 0.25) is 0 Å². The summed E-state index contributed by atoms with van der Waals surface area (Å²) in [7, 11) is -0.315. The van der Waals surface area contributed by atoms with Crippen LogP contribution >= 0.6 is 0 Å². The van der Waals surface area contributed by atoms with Gasteiger partial charge in [-0.05, 0) is 16.7 Å². The molecule has 7 heteroatoms. The molecule has 2 atom stereocenters. The van der Waals surface area contributed by atoms with E-state index in [9.17, 15) is 13.2 Å². The molecule has 1 heterocycles. The minimum atomic E-state index is -3.34. The molecular weight excluding hydrogens is 376 g/mol. The zero-order chi connectivity index (χ0) is 20.1. The molecule has 1 N–H and O–H groups in total. The van der Waals surface area contributed by atoms with Crippen LogP contribution < -0.4 is 5.32 Å². The SMILES string of the molecule is CN(C)S(=O)(=O)C[C@@H]1COC[C@H]1NC(=O)Cc1ccc(-c2ccccc2)cc1. The van der Waals surface area contributed by atoms with Crippen molar-refractivity contribution in [2.75, 3.05) is 33.1 Å². The van der Waals surface area contributed by atoms with E-state index in [0.29, 0.717) is 13.2 Å². The van der Waals surface area contributed by atoms with Crippen LogP contribution in [0.3, 0.4) is 0 Å². The first kappa shape index (κ1) is 20.5. The van der Waals surface area contributed by atoms with Crippen molar-refractivity contribution in [1.29, 1.82) is 0 Å². The Morgan fingerprint density at radius 1 is 1.04 bits per heavy atom. The van der Waals surface area contributed by atoms with Gasteiger partial charge in [-0.3, -0.25) is 4.79 Å². The van der Waals surface area contributed by atoms with Gasteiger partial charge in [0.25, 0.3) is 0 Å². The van der Waals surface area contributed by atoms with Crippen molar-refractivity contribution in [2.24, 2.45) is 5.92 Å². The average Bonchev–Trinajstić information content (AvgIpc) is 3.08. The first-order valence-electron chi connectivity index (χ1n) is 9.27. The second-order valence-corrected chi connectivity index (χ2v) is 9.50. The Hall–Kier alpha value is -2.22. The van der Waals surface area contributed by atoms with Crippen LogP contribution in [0.4, 0.5) is 0 Å². The number of benzene rings is 2. The average molecular weight is 403 g/mol. The molecule has 2 aromatic carbocycles. The van der Waals surface area contributed by atoms with Crippen molar-refractivity contribution in [3.05, 3.63) is 60.2 Å². The number of hydrogen-bond acceptors (Lipinski definition) is 4. The number of nitrogens with one attached hydrogen (secondary N) is 1. The van der Waals surface area contributed by atoms with Crippen LogP contribution in [0.15, 0.2) is 54.6 Å². The zero-order valence-electron chi connectivity index (χ0n) is 16.2. The Labute approximate surface area is 166 Å². The highest BCUT2D eigenvalue weighted by Crippen LogP contribution is 2.20. The van der Waals surface area contributed by atoms with Crippen molar-refractivity contribution >= 4 is 15.9 Å². The number of amides is 1. The number of carbonyl (C=O) groups is 1. The highest BCUT2D eigenvalue weighted by atomic mass is 32.2. The minimum absolute atomic E-state index is 0.0310. The van der Waals surface area contributed by atoms with Gasteiger partial charge < -0.3 is 10.1 Å². The monoisotopic (exact) mass is 402 g/mol. The van der Waals surface area contributed by atoms with E-state index in [2.05, 4.69) is 5.32 Å². The van der Waals surface area contributed by atoms with Crippen molar-refractivity contribution in [1.82, 2.24) is 9.62 Å². The molecule has 1 saturated heterocycles. The standard InChI is InChI=1S/C21H26N2O4S/c1-23(2)28(25,26)15-19-13-27-14-20(19)22-21(24)12-16-8-10-18(11-9-16)17-6-4-3-5-7-17/h3-11,19-20H,12-15H2,1-2H3,(H,22,24)/t19-,20+/m0/s1. The number of carbonyl (C=O) groups excluding carboxylic acids is 1. The van der Waals surface area contributed by atoms with E-state index in [4.69, 9.17) is 4.74 Å². The lowest BCUT2D eigenvalue weighted by atomic mass is 10.0. The summed E-state index contributed by atoms with van der Waals surface area (Å²) < 4.78 is 30.9. The molecule has 0 saturated carbocycles. The lowest BCUT2D eigenvalue weighted by Gasteiger charge is -2.21. The predicted octanol–water partition coefficient (Wildman–Crippen LogP) is 1.92. The topological polar surface area (TPSA) is 75.7 Å². The number of hydrogen-bond donors (Lipinski definition) is 1. The van der Waals surface area contributed by atoms with Gasteiger partial charge in [0.05, 0.1) is 31.4 Å². The van der Waals surface area contributed by atoms with E-state index >= 15 is 0 Å². The number of rotatable bonds is 7. The minimum Gasteiger partial charge on any atom is -0.379 e. The highest BCUT2D eigenvalue weighted by molar-refractivity contribution is 7.89. The molecule has 0 radical (unpaired) electrons.